The van der Waals surface area contributed by atoms with Crippen molar-refractivity contribution in [1.29, 1.82) is 0 Å². The van der Waals surface area contributed by atoms with Crippen LogP contribution in [0.15, 0.2) is 0 Å². The van der Waals surface area contributed by atoms with Gasteiger partial charge in [0.25, 0.3) is 0 Å². The van der Waals surface area contributed by atoms with Crippen molar-refractivity contribution in [3.8, 4) is 0 Å². The largest absolute Gasteiger partial charge is 0.466 e. The molecule has 1 saturated carbocycles. The molecule has 1 aliphatic heterocycles. The van der Waals surface area contributed by atoms with Crippen LogP contribution >= 0.6 is 0 Å². The number of nitrogens with two attached hydrogens (primary N) is 1. The van der Waals surface area contributed by atoms with Crippen molar-refractivity contribution in [3.63, 3.8) is 0 Å². The SMILES string of the molecule is CCOC(=O)CC1(N)CCC2(CC1)CN2C(=O)OC(C)(C)C. The van der Waals surface area contributed by atoms with Crippen molar-refractivity contribution >= 4 is 12.1 Å². The number of rotatable bonds is 3. The lowest BCUT2D eigenvalue weighted by molar-refractivity contribution is -0.144. The molecule has 0 radical (unpaired) electrons. The highest BCUT2D eigenvalue weighted by Gasteiger charge is 2.58. The van der Waals surface area contributed by atoms with Gasteiger partial charge in [0.1, 0.15) is 5.60 Å². The molecule has 1 amide bonds. The van der Waals surface area contributed by atoms with Crippen LogP contribution in [0.2, 0.25) is 0 Å². The summed E-state index contributed by atoms with van der Waals surface area (Å²) in [6.07, 6.45) is 3.10. The number of hydrogen-bond acceptors (Lipinski definition) is 5. The van der Waals surface area contributed by atoms with Crippen LogP contribution in [-0.2, 0) is 14.3 Å². The van der Waals surface area contributed by atoms with Crippen LogP contribution in [-0.4, -0.2) is 46.8 Å². The van der Waals surface area contributed by atoms with Gasteiger partial charge in [-0.05, 0) is 53.4 Å². The van der Waals surface area contributed by atoms with E-state index < -0.39 is 11.1 Å². The van der Waals surface area contributed by atoms with E-state index in [9.17, 15) is 9.59 Å². The molecule has 1 saturated heterocycles. The number of nitrogens with zero attached hydrogens (tertiary/aromatic N) is 1. The highest BCUT2D eigenvalue weighted by Crippen LogP contribution is 2.48. The second-order valence-electron chi connectivity index (χ2n) is 7.63. The van der Waals surface area contributed by atoms with Gasteiger partial charge in [-0.2, -0.15) is 0 Å². The second-order valence-corrected chi connectivity index (χ2v) is 7.63. The van der Waals surface area contributed by atoms with Gasteiger partial charge in [-0.1, -0.05) is 0 Å². The lowest BCUT2D eigenvalue weighted by atomic mass is 9.75. The first kappa shape index (κ1) is 17.1. The first-order valence-corrected chi connectivity index (χ1v) is 8.04. The Bertz CT molecular complexity index is 448. The number of ether oxygens (including phenoxy) is 2. The van der Waals surface area contributed by atoms with E-state index in [1.807, 2.05) is 20.8 Å². The summed E-state index contributed by atoms with van der Waals surface area (Å²) in [6, 6.07) is 0. The molecule has 6 nitrogen and oxygen atoms in total. The smallest absolute Gasteiger partial charge is 0.410 e. The molecule has 1 aliphatic carbocycles. The molecule has 6 heteroatoms. The van der Waals surface area contributed by atoms with Gasteiger partial charge in [0, 0.05) is 12.1 Å². The van der Waals surface area contributed by atoms with Gasteiger partial charge in [0.05, 0.1) is 18.6 Å². The van der Waals surface area contributed by atoms with Crippen LogP contribution in [0.3, 0.4) is 0 Å². The van der Waals surface area contributed by atoms with Crippen molar-refractivity contribution in [2.24, 2.45) is 5.73 Å². The molecule has 2 aliphatic rings. The van der Waals surface area contributed by atoms with Crippen molar-refractivity contribution in [2.45, 2.75) is 76.5 Å². The van der Waals surface area contributed by atoms with Crippen molar-refractivity contribution in [3.05, 3.63) is 0 Å². The zero-order valence-electron chi connectivity index (χ0n) is 14.1. The van der Waals surface area contributed by atoms with Gasteiger partial charge in [0.15, 0.2) is 0 Å². The number of esters is 1. The van der Waals surface area contributed by atoms with Gasteiger partial charge < -0.3 is 15.2 Å². The highest BCUT2D eigenvalue weighted by molar-refractivity contribution is 5.73. The minimum Gasteiger partial charge on any atom is -0.466 e. The Balaban J connectivity index is 1.85. The predicted octanol–water partition coefficient (Wildman–Crippen LogP) is 2.20. The Labute approximate surface area is 132 Å². The van der Waals surface area contributed by atoms with Crippen molar-refractivity contribution in [1.82, 2.24) is 4.90 Å². The molecule has 2 rings (SSSR count). The summed E-state index contributed by atoms with van der Waals surface area (Å²) in [5, 5.41) is 0. The van der Waals surface area contributed by atoms with Crippen LogP contribution < -0.4 is 5.73 Å². The van der Waals surface area contributed by atoms with Gasteiger partial charge in [-0.3, -0.25) is 9.69 Å². The highest BCUT2D eigenvalue weighted by atomic mass is 16.6. The molecule has 2 fully saturated rings. The third-order valence-electron chi connectivity index (χ3n) is 4.51. The van der Waals surface area contributed by atoms with Gasteiger partial charge in [-0.25, -0.2) is 4.79 Å². The van der Waals surface area contributed by atoms with Crippen LogP contribution in [0, 0.1) is 0 Å². The molecule has 0 unspecified atom stereocenters. The van der Waals surface area contributed by atoms with Crippen LogP contribution in [0.4, 0.5) is 4.79 Å². The topological polar surface area (TPSA) is 81.6 Å². The number of hydrogen-bond donors (Lipinski definition) is 1. The zero-order chi connectivity index (χ0) is 16.6. The maximum Gasteiger partial charge on any atom is 0.410 e. The van der Waals surface area contributed by atoms with E-state index in [0.717, 1.165) is 32.2 Å². The van der Waals surface area contributed by atoms with Crippen LogP contribution in [0.25, 0.3) is 0 Å². The van der Waals surface area contributed by atoms with Crippen molar-refractivity contribution in [2.75, 3.05) is 13.2 Å². The molecular weight excluding hydrogens is 284 g/mol. The molecular formula is C16H28N2O4. The molecule has 0 aromatic heterocycles. The Morgan fingerprint density at radius 1 is 1.18 bits per heavy atom. The monoisotopic (exact) mass is 312 g/mol. The molecule has 0 aromatic carbocycles. The fraction of sp³-hybridized carbons (Fsp3) is 0.875. The first-order valence-electron chi connectivity index (χ1n) is 8.04. The average molecular weight is 312 g/mol. The summed E-state index contributed by atoms with van der Waals surface area (Å²) in [7, 11) is 0. The normalized spacial score (nSPS) is 31.0. The summed E-state index contributed by atoms with van der Waals surface area (Å²) in [5.41, 5.74) is 5.25. The standard InChI is InChI=1S/C16H28N2O4/c1-5-21-12(19)10-15(17)6-8-16(9-7-15)11-18(16)13(20)22-14(2,3)4/h5-11,17H2,1-4H3. The van der Waals surface area contributed by atoms with Crippen LogP contribution in [0.5, 0.6) is 0 Å². The quantitative estimate of drug-likeness (QED) is 0.638. The predicted molar refractivity (Wildman–Crippen MR) is 82.3 cm³/mol. The fourth-order valence-electron chi connectivity index (χ4n) is 3.15. The average Bonchev–Trinajstić information content (AvgIpc) is 3.07. The molecule has 0 aromatic rings. The molecule has 2 N–H and O–H groups in total. The summed E-state index contributed by atoms with van der Waals surface area (Å²) >= 11 is 0. The lowest BCUT2D eigenvalue weighted by Gasteiger charge is -2.37. The zero-order valence-corrected chi connectivity index (χ0v) is 14.1. The van der Waals surface area contributed by atoms with E-state index in [1.165, 1.54) is 0 Å². The number of carbonyl (C=O) groups is 2. The Kier molecular flexibility index (Phi) is 4.44. The lowest BCUT2D eigenvalue weighted by Crippen LogP contribution is -2.48. The summed E-state index contributed by atoms with van der Waals surface area (Å²) < 4.78 is 10.4. The molecule has 0 bridgehead atoms. The van der Waals surface area contributed by atoms with E-state index in [1.54, 1.807) is 11.8 Å². The van der Waals surface area contributed by atoms with Crippen LogP contribution in [0.1, 0.15) is 59.8 Å². The molecule has 1 spiro atoms. The van der Waals surface area contributed by atoms with E-state index >= 15 is 0 Å². The van der Waals surface area contributed by atoms with E-state index in [-0.39, 0.29) is 24.0 Å². The third kappa shape index (κ3) is 3.91. The third-order valence-corrected chi connectivity index (χ3v) is 4.51. The van der Waals surface area contributed by atoms with Gasteiger partial charge >= 0.3 is 12.1 Å². The van der Waals surface area contributed by atoms with E-state index in [4.69, 9.17) is 15.2 Å². The van der Waals surface area contributed by atoms with Gasteiger partial charge in [0.2, 0.25) is 0 Å². The summed E-state index contributed by atoms with van der Waals surface area (Å²) in [4.78, 5) is 25.5. The number of amides is 1. The molecule has 0 atom stereocenters. The maximum atomic E-state index is 12.1. The summed E-state index contributed by atoms with van der Waals surface area (Å²) in [6.45, 7) is 8.51. The summed E-state index contributed by atoms with van der Waals surface area (Å²) in [5.74, 6) is -0.235. The Morgan fingerprint density at radius 3 is 2.27 bits per heavy atom. The van der Waals surface area contributed by atoms with E-state index in [2.05, 4.69) is 0 Å². The molecule has 22 heavy (non-hydrogen) atoms. The molecule has 126 valence electrons. The second kappa shape index (κ2) is 5.72. The van der Waals surface area contributed by atoms with Crippen molar-refractivity contribution < 1.29 is 19.1 Å². The Morgan fingerprint density at radius 2 is 1.77 bits per heavy atom. The van der Waals surface area contributed by atoms with Gasteiger partial charge in [-0.15, -0.1) is 0 Å². The Hall–Kier alpha value is -1.30. The first-order chi connectivity index (χ1) is 10.1. The fourth-order valence-corrected chi connectivity index (χ4v) is 3.15. The molecule has 1 heterocycles. The van der Waals surface area contributed by atoms with E-state index in [0.29, 0.717) is 6.61 Å². The minimum atomic E-state index is -0.500. The maximum absolute atomic E-state index is 12.1. The minimum absolute atomic E-state index is 0.0974. The number of carbonyl (C=O) groups excluding carboxylic acids is 2.